The van der Waals surface area contributed by atoms with Crippen molar-refractivity contribution >= 4 is 22.7 Å². The maximum absolute atomic E-state index is 13.3. The van der Waals surface area contributed by atoms with Gasteiger partial charge in [-0.1, -0.05) is 32.9 Å². The van der Waals surface area contributed by atoms with E-state index in [1.165, 1.54) is 11.1 Å². The van der Waals surface area contributed by atoms with Gasteiger partial charge in [0, 0.05) is 36.1 Å². The number of hydrogen-bond donors (Lipinski definition) is 1. The molecule has 0 bridgehead atoms. The third-order valence-electron chi connectivity index (χ3n) is 6.58. The Morgan fingerprint density at radius 1 is 1.03 bits per heavy atom. The topological polar surface area (TPSA) is 80.9 Å². The van der Waals surface area contributed by atoms with Gasteiger partial charge in [-0.25, -0.2) is 19.3 Å². The van der Waals surface area contributed by atoms with Crippen molar-refractivity contribution in [3.8, 4) is 5.82 Å². The van der Waals surface area contributed by atoms with Crippen molar-refractivity contribution in [1.29, 1.82) is 0 Å². The van der Waals surface area contributed by atoms with E-state index in [1.807, 2.05) is 27.6 Å². The second kappa shape index (κ2) is 7.50. The lowest BCUT2D eigenvalue weighted by Crippen LogP contribution is -2.23. The van der Waals surface area contributed by atoms with Gasteiger partial charge in [0.05, 0.1) is 6.04 Å². The zero-order valence-electron chi connectivity index (χ0n) is 20.0. The molecule has 8 heteroatoms. The molecule has 4 aromatic rings. The van der Waals surface area contributed by atoms with Gasteiger partial charge in [0.25, 0.3) is 5.56 Å². The second-order valence-electron chi connectivity index (χ2n) is 10.5. The molecule has 0 radical (unpaired) electrons. The Balaban J connectivity index is 1.46. The van der Waals surface area contributed by atoms with E-state index in [9.17, 15) is 4.79 Å². The molecule has 3 aromatic heterocycles. The van der Waals surface area contributed by atoms with Gasteiger partial charge >= 0.3 is 0 Å². The van der Waals surface area contributed by atoms with Crippen LogP contribution >= 0.6 is 0 Å². The molecule has 0 unspecified atom stereocenters. The highest BCUT2D eigenvalue weighted by molar-refractivity contribution is 5.77. The van der Waals surface area contributed by atoms with Crippen molar-refractivity contribution in [2.24, 2.45) is 0 Å². The minimum absolute atomic E-state index is 0.0624. The van der Waals surface area contributed by atoms with Gasteiger partial charge in [-0.15, -0.1) is 0 Å². The van der Waals surface area contributed by atoms with Crippen LogP contribution in [0.15, 0.2) is 47.4 Å². The lowest BCUT2D eigenvalue weighted by Gasteiger charge is -2.19. The van der Waals surface area contributed by atoms with Crippen LogP contribution in [-0.4, -0.2) is 36.3 Å². The van der Waals surface area contributed by atoms with Gasteiger partial charge in [-0.05, 0) is 55.3 Å². The summed E-state index contributed by atoms with van der Waals surface area (Å²) in [5, 5.41) is 3.85. The average Bonchev–Trinajstić information content (AvgIpc) is 3.50. The van der Waals surface area contributed by atoms with Crippen LogP contribution < -0.4 is 10.9 Å². The number of pyridine rings is 1. The van der Waals surface area contributed by atoms with Crippen LogP contribution in [-0.2, 0) is 18.5 Å². The zero-order valence-corrected chi connectivity index (χ0v) is 20.0. The minimum Gasteiger partial charge on any atom is -0.324 e. The summed E-state index contributed by atoms with van der Waals surface area (Å²) in [6.07, 6.45) is 3.60. The smallest absolute Gasteiger partial charge is 0.278 e. The van der Waals surface area contributed by atoms with Crippen LogP contribution in [0.4, 0.5) is 11.6 Å². The summed E-state index contributed by atoms with van der Waals surface area (Å²) in [5.74, 6) is 1.17. The maximum Gasteiger partial charge on any atom is 0.278 e. The Morgan fingerprint density at radius 3 is 2.59 bits per heavy atom. The molecule has 1 aliphatic carbocycles. The second-order valence-corrected chi connectivity index (χ2v) is 10.5. The first kappa shape index (κ1) is 21.0. The van der Waals surface area contributed by atoms with E-state index in [0.717, 1.165) is 37.3 Å². The fraction of sp³-hybridized carbons (Fsp3) is 0.385. The summed E-state index contributed by atoms with van der Waals surface area (Å²) in [5.41, 5.74) is 4.99. The fourth-order valence-electron chi connectivity index (χ4n) is 4.66. The van der Waals surface area contributed by atoms with E-state index in [1.54, 1.807) is 6.20 Å². The number of aromatic nitrogens is 5. The van der Waals surface area contributed by atoms with Gasteiger partial charge in [0.1, 0.15) is 5.39 Å². The molecule has 8 nitrogen and oxygen atoms in total. The standard InChI is InChI=1S/C26H29N7O/c1-26(2,3)21-6-5-7-22(29-21)33-23-20(24(34)32(33)19-10-11-19)13-27-25(30-23)28-18-9-8-16-14-31(4)15-17(16)12-18/h5-9,12-13,19H,10-11,14-15H2,1-4H3,(H,27,28,30). The lowest BCUT2D eigenvalue weighted by molar-refractivity contribution is 0.353. The molecule has 4 heterocycles. The maximum atomic E-state index is 13.3. The average molecular weight is 456 g/mol. The number of rotatable bonds is 4. The van der Waals surface area contributed by atoms with E-state index < -0.39 is 0 Å². The molecule has 1 N–H and O–H groups in total. The summed E-state index contributed by atoms with van der Waals surface area (Å²) in [7, 11) is 2.12. The highest BCUT2D eigenvalue weighted by atomic mass is 16.1. The molecule has 0 atom stereocenters. The van der Waals surface area contributed by atoms with Crippen LogP contribution in [0.2, 0.25) is 0 Å². The van der Waals surface area contributed by atoms with Gasteiger partial charge in [-0.2, -0.15) is 4.98 Å². The summed E-state index contributed by atoms with van der Waals surface area (Å²) >= 11 is 0. The van der Waals surface area contributed by atoms with Crippen molar-refractivity contribution in [3.05, 3.63) is 69.8 Å². The van der Waals surface area contributed by atoms with E-state index in [4.69, 9.17) is 9.97 Å². The van der Waals surface area contributed by atoms with Crippen molar-refractivity contribution in [2.75, 3.05) is 12.4 Å². The Bertz CT molecular complexity index is 1470. The van der Waals surface area contributed by atoms with E-state index >= 15 is 0 Å². The molecule has 1 aromatic carbocycles. The third kappa shape index (κ3) is 3.58. The Kier molecular flexibility index (Phi) is 4.64. The lowest BCUT2D eigenvalue weighted by atomic mass is 9.92. The number of hydrogen-bond acceptors (Lipinski definition) is 6. The SMILES string of the molecule is CN1Cc2ccc(Nc3ncc4c(=O)n(C5CC5)n(-c5cccc(C(C)(C)C)n5)c4n3)cc2C1. The first-order valence-corrected chi connectivity index (χ1v) is 11.8. The molecule has 0 spiro atoms. The van der Waals surface area contributed by atoms with Gasteiger partial charge in [0.15, 0.2) is 11.5 Å². The van der Waals surface area contributed by atoms with Crippen molar-refractivity contribution in [3.63, 3.8) is 0 Å². The van der Waals surface area contributed by atoms with Gasteiger partial charge in [0.2, 0.25) is 5.95 Å². The Morgan fingerprint density at radius 2 is 1.82 bits per heavy atom. The van der Waals surface area contributed by atoms with E-state index in [-0.39, 0.29) is 17.0 Å². The van der Waals surface area contributed by atoms with E-state index in [0.29, 0.717) is 22.8 Å². The molecule has 2 aliphatic rings. The molecule has 0 amide bonds. The zero-order chi connectivity index (χ0) is 23.6. The fourth-order valence-corrected chi connectivity index (χ4v) is 4.66. The molecule has 1 saturated carbocycles. The largest absolute Gasteiger partial charge is 0.324 e. The molecule has 6 rings (SSSR count). The molecule has 174 valence electrons. The first-order chi connectivity index (χ1) is 16.3. The quantitative estimate of drug-likeness (QED) is 0.494. The summed E-state index contributed by atoms with van der Waals surface area (Å²) < 4.78 is 3.69. The van der Waals surface area contributed by atoms with Gasteiger partial charge in [-0.3, -0.25) is 9.69 Å². The molecule has 1 aliphatic heterocycles. The van der Waals surface area contributed by atoms with Crippen LogP contribution in [0.3, 0.4) is 0 Å². The van der Waals surface area contributed by atoms with Crippen LogP contribution in [0.5, 0.6) is 0 Å². The van der Waals surface area contributed by atoms with Crippen LogP contribution in [0.1, 0.15) is 56.5 Å². The van der Waals surface area contributed by atoms with Crippen molar-refractivity contribution in [2.45, 2.75) is 58.2 Å². The number of anilines is 2. The first-order valence-electron chi connectivity index (χ1n) is 11.8. The normalized spacial score (nSPS) is 16.2. The highest BCUT2D eigenvalue weighted by Crippen LogP contribution is 2.36. The molecule has 34 heavy (non-hydrogen) atoms. The summed E-state index contributed by atoms with van der Waals surface area (Å²) in [4.78, 5) is 29.8. The summed E-state index contributed by atoms with van der Waals surface area (Å²) in [6, 6.07) is 12.5. The predicted octanol–water partition coefficient (Wildman–Crippen LogP) is 4.30. The van der Waals surface area contributed by atoms with Crippen molar-refractivity contribution in [1.82, 2.24) is 29.2 Å². The van der Waals surface area contributed by atoms with Crippen molar-refractivity contribution < 1.29 is 0 Å². The van der Waals surface area contributed by atoms with Crippen LogP contribution in [0, 0.1) is 0 Å². The third-order valence-corrected chi connectivity index (χ3v) is 6.58. The van der Waals surface area contributed by atoms with Crippen LogP contribution in [0.25, 0.3) is 16.9 Å². The number of nitrogens with one attached hydrogen (secondary N) is 1. The molecule has 1 fully saturated rings. The molecular formula is C26H29N7O. The Labute approximate surface area is 198 Å². The number of nitrogens with zero attached hydrogens (tertiary/aromatic N) is 6. The van der Waals surface area contributed by atoms with Gasteiger partial charge < -0.3 is 5.32 Å². The Hall–Kier alpha value is -3.52. The number of fused-ring (bicyclic) bond motifs is 2. The van der Waals surface area contributed by atoms with E-state index in [2.05, 4.69) is 61.2 Å². The monoisotopic (exact) mass is 455 g/mol. The predicted molar refractivity (Wildman–Crippen MR) is 133 cm³/mol. The highest BCUT2D eigenvalue weighted by Gasteiger charge is 2.31. The molecule has 0 saturated heterocycles. The summed E-state index contributed by atoms with van der Waals surface area (Å²) in [6.45, 7) is 8.32. The number of benzene rings is 1. The minimum atomic E-state index is -0.104. The molecular weight excluding hydrogens is 426 g/mol.